The molecule has 98 valence electrons. The molecule has 0 bridgehead atoms. The molecule has 0 fully saturated rings. The Labute approximate surface area is 115 Å². The van der Waals surface area contributed by atoms with E-state index in [1.54, 1.807) is 6.07 Å². The maximum atomic E-state index is 11.9. The van der Waals surface area contributed by atoms with Crippen LogP contribution in [0.5, 0.6) is 0 Å². The van der Waals surface area contributed by atoms with Gasteiger partial charge in [0.25, 0.3) is 5.91 Å². The Morgan fingerprint density at radius 1 is 1.21 bits per heavy atom. The maximum Gasteiger partial charge on any atom is 0.277 e. The molecular formula is C12H12ClN5O. The van der Waals surface area contributed by atoms with Crippen molar-refractivity contribution in [2.45, 2.75) is 0 Å². The standard InChI is InChI=1S/C12H12ClN5O/c1-18(2)11-5-3-4-10(14-11)15-12(19)8-6-7-9(13)17-16-8/h3-7H,1-2H3,(H,14,15,19). The summed E-state index contributed by atoms with van der Waals surface area (Å²) in [7, 11) is 3.75. The molecule has 1 amide bonds. The summed E-state index contributed by atoms with van der Waals surface area (Å²) in [5.41, 5.74) is 0.182. The number of carbonyl (C=O) groups is 1. The monoisotopic (exact) mass is 277 g/mol. The Morgan fingerprint density at radius 2 is 2.00 bits per heavy atom. The molecule has 2 heterocycles. The summed E-state index contributed by atoms with van der Waals surface area (Å²) in [6.45, 7) is 0. The normalized spacial score (nSPS) is 10.1. The van der Waals surface area contributed by atoms with Crippen LogP contribution in [0.1, 0.15) is 10.5 Å². The van der Waals surface area contributed by atoms with Crippen molar-refractivity contribution in [1.29, 1.82) is 0 Å². The lowest BCUT2D eigenvalue weighted by molar-refractivity contribution is 0.102. The first-order valence-corrected chi connectivity index (χ1v) is 5.89. The third kappa shape index (κ3) is 3.38. The topological polar surface area (TPSA) is 71.0 Å². The van der Waals surface area contributed by atoms with Crippen LogP contribution < -0.4 is 10.2 Å². The maximum absolute atomic E-state index is 11.9. The van der Waals surface area contributed by atoms with Gasteiger partial charge in [0.05, 0.1) is 0 Å². The van der Waals surface area contributed by atoms with E-state index in [0.717, 1.165) is 5.82 Å². The Morgan fingerprint density at radius 3 is 2.63 bits per heavy atom. The van der Waals surface area contributed by atoms with Gasteiger partial charge >= 0.3 is 0 Å². The predicted molar refractivity (Wildman–Crippen MR) is 73.6 cm³/mol. The fourth-order valence-electron chi connectivity index (χ4n) is 1.36. The number of anilines is 2. The lowest BCUT2D eigenvalue weighted by Gasteiger charge is -2.12. The summed E-state index contributed by atoms with van der Waals surface area (Å²) in [5.74, 6) is 0.820. The highest BCUT2D eigenvalue weighted by Crippen LogP contribution is 2.12. The Kier molecular flexibility index (Phi) is 3.91. The minimum Gasteiger partial charge on any atom is -0.363 e. The van der Waals surface area contributed by atoms with Crippen LogP contribution in [0.25, 0.3) is 0 Å². The minimum atomic E-state index is -0.382. The summed E-state index contributed by atoms with van der Waals surface area (Å²) >= 11 is 5.61. The van der Waals surface area contributed by atoms with E-state index in [1.807, 2.05) is 31.1 Å². The van der Waals surface area contributed by atoms with E-state index in [2.05, 4.69) is 20.5 Å². The number of hydrogen-bond donors (Lipinski definition) is 1. The van der Waals surface area contributed by atoms with Gasteiger partial charge in [-0.25, -0.2) is 4.98 Å². The number of amides is 1. The summed E-state index contributed by atoms with van der Waals surface area (Å²) < 4.78 is 0. The molecule has 0 saturated carbocycles. The van der Waals surface area contributed by atoms with Crippen LogP contribution in [-0.2, 0) is 0 Å². The molecule has 0 spiro atoms. The second-order valence-electron chi connectivity index (χ2n) is 3.97. The van der Waals surface area contributed by atoms with Crippen molar-refractivity contribution in [2.75, 3.05) is 24.3 Å². The first-order valence-electron chi connectivity index (χ1n) is 5.51. The van der Waals surface area contributed by atoms with Crippen molar-refractivity contribution in [3.63, 3.8) is 0 Å². The van der Waals surface area contributed by atoms with Gasteiger partial charge in [-0.2, -0.15) is 0 Å². The van der Waals surface area contributed by atoms with Gasteiger partial charge in [0.2, 0.25) is 0 Å². The van der Waals surface area contributed by atoms with Gasteiger partial charge in [-0.1, -0.05) is 17.7 Å². The molecule has 0 unspecified atom stereocenters. The summed E-state index contributed by atoms with van der Waals surface area (Å²) in [4.78, 5) is 18.0. The lowest BCUT2D eigenvalue weighted by atomic mass is 10.3. The molecule has 0 aromatic carbocycles. The molecule has 7 heteroatoms. The number of aromatic nitrogens is 3. The van der Waals surface area contributed by atoms with Crippen LogP contribution >= 0.6 is 11.6 Å². The van der Waals surface area contributed by atoms with E-state index < -0.39 is 0 Å². The quantitative estimate of drug-likeness (QED) is 0.927. The zero-order valence-corrected chi connectivity index (χ0v) is 11.2. The van der Waals surface area contributed by atoms with Crippen molar-refractivity contribution in [3.05, 3.63) is 41.2 Å². The largest absolute Gasteiger partial charge is 0.363 e. The highest BCUT2D eigenvalue weighted by atomic mass is 35.5. The highest BCUT2D eigenvalue weighted by molar-refractivity contribution is 6.29. The molecule has 2 rings (SSSR count). The van der Waals surface area contributed by atoms with Gasteiger partial charge < -0.3 is 10.2 Å². The van der Waals surface area contributed by atoms with Crippen LogP contribution in [0.4, 0.5) is 11.6 Å². The molecule has 2 aromatic rings. The molecule has 19 heavy (non-hydrogen) atoms. The first-order chi connectivity index (χ1) is 9.06. The summed E-state index contributed by atoms with van der Waals surface area (Å²) in [5, 5.41) is 10.2. The molecule has 0 saturated heterocycles. The van der Waals surface area contributed by atoms with Gasteiger partial charge in [0.1, 0.15) is 11.6 Å². The van der Waals surface area contributed by atoms with Crippen molar-refractivity contribution in [3.8, 4) is 0 Å². The zero-order chi connectivity index (χ0) is 13.8. The third-order valence-corrected chi connectivity index (χ3v) is 2.50. The van der Waals surface area contributed by atoms with E-state index in [-0.39, 0.29) is 16.8 Å². The molecule has 0 aliphatic carbocycles. The Balaban J connectivity index is 2.14. The van der Waals surface area contributed by atoms with Crippen LogP contribution in [0.15, 0.2) is 30.3 Å². The molecule has 0 atom stereocenters. The highest BCUT2D eigenvalue weighted by Gasteiger charge is 2.09. The number of nitrogens with zero attached hydrogens (tertiary/aromatic N) is 4. The predicted octanol–water partition coefficient (Wildman–Crippen LogP) is 1.84. The van der Waals surface area contributed by atoms with Gasteiger partial charge in [0.15, 0.2) is 10.8 Å². The molecule has 6 nitrogen and oxygen atoms in total. The van der Waals surface area contributed by atoms with Crippen LogP contribution in [0, 0.1) is 0 Å². The Bertz CT molecular complexity index is 585. The van der Waals surface area contributed by atoms with E-state index in [0.29, 0.717) is 5.82 Å². The second kappa shape index (κ2) is 5.62. The summed E-state index contributed by atoms with van der Waals surface area (Å²) in [6, 6.07) is 8.37. The van der Waals surface area contributed by atoms with Crippen molar-refractivity contribution < 1.29 is 4.79 Å². The molecular weight excluding hydrogens is 266 g/mol. The van der Waals surface area contributed by atoms with E-state index in [1.165, 1.54) is 12.1 Å². The average Bonchev–Trinajstić information content (AvgIpc) is 2.39. The van der Waals surface area contributed by atoms with Gasteiger partial charge in [-0.3, -0.25) is 4.79 Å². The molecule has 0 radical (unpaired) electrons. The van der Waals surface area contributed by atoms with E-state index in [4.69, 9.17) is 11.6 Å². The third-order valence-electron chi connectivity index (χ3n) is 2.30. The van der Waals surface area contributed by atoms with Gasteiger partial charge in [-0.15, -0.1) is 10.2 Å². The molecule has 1 N–H and O–H groups in total. The fourth-order valence-corrected chi connectivity index (χ4v) is 1.46. The minimum absolute atomic E-state index is 0.182. The zero-order valence-electron chi connectivity index (χ0n) is 10.5. The molecule has 0 aliphatic heterocycles. The molecule has 2 aromatic heterocycles. The van der Waals surface area contributed by atoms with Crippen molar-refractivity contribution >= 4 is 29.1 Å². The van der Waals surface area contributed by atoms with Crippen LogP contribution in [0.2, 0.25) is 5.15 Å². The number of rotatable bonds is 3. The number of carbonyl (C=O) groups excluding carboxylic acids is 1. The van der Waals surface area contributed by atoms with Crippen molar-refractivity contribution in [2.24, 2.45) is 0 Å². The van der Waals surface area contributed by atoms with E-state index in [9.17, 15) is 4.79 Å². The van der Waals surface area contributed by atoms with Gasteiger partial charge in [0, 0.05) is 14.1 Å². The number of nitrogens with one attached hydrogen (secondary N) is 1. The second-order valence-corrected chi connectivity index (χ2v) is 4.36. The smallest absolute Gasteiger partial charge is 0.277 e. The number of pyridine rings is 1. The summed E-state index contributed by atoms with van der Waals surface area (Å²) in [6.07, 6.45) is 0. The number of halogens is 1. The fraction of sp³-hybridized carbons (Fsp3) is 0.167. The van der Waals surface area contributed by atoms with Crippen LogP contribution in [-0.4, -0.2) is 35.2 Å². The SMILES string of the molecule is CN(C)c1cccc(NC(=O)c2ccc(Cl)nn2)n1. The molecule has 0 aliphatic rings. The van der Waals surface area contributed by atoms with Crippen LogP contribution in [0.3, 0.4) is 0 Å². The van der Waals surface area contributed by atoms with Gasteiger partial charge in [-0.05, 0) is 24.3 Å². The lowest BCUT2D eigenvalue weighted by Crippen LogP contribution is -2.16. The average molecular weight is 278 g/mol. The first kappa shape index (κ1) is 13.2. The van der Waals surface area contributed by atoms with Crippen molar-refractivity contribution in [1.82, 2.24) is 15.2 Å². The van der Waals surface area contributed by atoms with E-state index >= 15 is 0 Å². The number of hydrogen-bond acceptors (Lipinski definition) is 5. The Hall–Kier alpha value is -2.21.